The standard InChI is InChI=1S/C19H15BrN2O4/c1-24-12-3-5-14-11(8-12)2-4-15(21-14)19(23)22-16-10-18-17(9-13(16)20)25-6-7-26-18/h2-5,8-10H,6-7H2,1H3,(H,22,23). The third-order valence-corrected chi connectivity index (χ3v) is 4.67. The predicted molar refractivity (Wildman–Crippen MR) is 101 cm³/mol. The molecule has 0 aliphatic carbocycles. The number of nitrogens with zero attached hydrogens (tertiary/aromatic N) is 1. The molecule has 2 heterocycles. The first-order valence-corrected chi connectivity index (χ1v) is 8.78. The van der Waals surface area contributed by atoms with Crippen molar-refractivity contribution < 1.29 is 19.0 Å². The first kappa shape index (κ1) is 16.7. The van der Waals surface area contributed by atoms with Gasteiger partial charge in [-0.15, -0.1) is 0 Å². The zero-order valence-electron chi connectivity index (χ0n) is 13.9. The van der Waals surface area contributed by atoms with E-state index in [0.29, 0.717) is 40.6 Å². The Morgan fingerprint density at radius 2 is 1.88 bits per heavy atom. The van der Waals surface area contributed by atoms with E-state index in [1.54, 1.807) is 25.3 Å². The number of amides is 1. The summed E-state index contributed by atoms with van der Waals surface area (Å²) in [5.74, 6) is 1.70. The summed E-state index contributed by atoms with van der Waals surface area (Å²) in [5.41, 5.74) is 1.64. The number of carbonyl (C=O) groups is 1. The number of methoxy groups -OCH3 is 1. The van der Waals surface area contributed by atoms with Gasteiger partial charge in [0.2, 0.25) is 0 Å². The fourth-order valence-corrected chi connectivity index (χ4v) is 3.12. The van der Waals surface area contributed by atoms with Gasteiger partial charge in [0.25, 0.3) is 5.91 Å². The van der Waals surface area contributed by atoms with Crippen LogP contribution in [-0.4, -0.2) is 31.2 Å². The summed E-state index contributed by atoms with van der Waals surface area (Å²) in [6.45, 7) is 0.995. The van der Waals surface area contributed by atoms with Crippen molar-refractivity contribution in [3.05, 3.63) is 52.6 Å². The van der Waals surface area contributed by atoms with E-state index in [2.05, 4.69) is 26.2 Å². The smallest absolute Gasteiger partial charge is 0.274 e. The first-order valence-electron chi connectivity index (χ1n) is 7.99. The van der Waals surface area contributed by atoms with Crippen LogP contribution in [-0.2, 0) is 0 Å². The third-order valence-electron chi connectivity index (χ3n) is 4.01. The van der Waals surface area contributed by atoms with Crippen molar-refractivity contribution in [1.82, 2.24) is 4.98 Å². The van der Waals surface area contributed by atoms with Gasteiger partial charge in [-0.3, -0.25) is 4.79 Å². The highest BCUT2D eigenvalue weighted by atomic mass is 79.9. The third kappa shape index (κ3) is 3.17. The number of fused-ring (bicyclic) bond motifs is 2. The second-order valence-corrected chi connectivity index (χ2v) is 6.54. The number of benzene rings is 2. The molecule has 1 aliphatic rings. The summed E-state index contributed by atoms with van der Waals surface area (Å²) in [7, 11) is 1.61. The number of hydrogen-bond acceptors (Lipinski definition) is 5. The maximum atomic E-state index is 12.6. The van der Waals surface area contributed by atoms with Crippen molar-refractivity contribution in [2.45, 2.75) is 0 Å². The van der Waals surface area contributed by atoms with E-state index in [0.717, 1.165) is 16.7 Å². The van der Waals surface area contributed by atoms with Crippen molar-refractivity contribution in [3.63, 3.8) is 0 Å². The lowest BCUT2D eigenvalue weighted by atomic mass is 10.2. The molecule has 3 aromatic rings. The molecule has 1 aromatic heterocycles. The molecule has 1 N–H and O–H groups in total. The number of rotatable bonds is 3. The number of halogens is 1. The summed E-state index contributed by atoms with van der Waals surface area (Å²) >= 11 is 3.45. The monoisotopic (exact) mass is 414 g/mol. The van der Waals surface area contributed by atoms with Crippen LogP contribution < -0.4 is 19.5 Å². The minimum atomic E-state index is -0.305. The van der Waals surface area contributed by atoms with Crippen LogP contribution in [0.3, 0.4) is 0 Å². The normalized spacial score (nSPS) is 12.7. The van der Waals surface area contributed by atoms with Gasteiger partial charge in [0.15, 0.2) is 11.5 Å². The quantitative estimate of drug-likeness (QED) is 0.700. The molecular weight excluding hydrogens is 400 g/mol. The minimum absolute atomic E-state index is 0.305. The zero-order chi connectivity index (χ0) is 18.1. The van der Waals surface area contributed by atoms with Gasteiger partial charge in [-0.1, -0.05) is 6.07 Å². The molecule has 0 radical (unpaired) electrons. The van der Waals surface area contributed by atoms with Crippen LogP contribution >= 0.6 is 15.9 Å². The average Bonchev–Trinajstić information content (AvgIpc) is 2.67. The second kappa shape index (κ2) is 6.84. The molecule has 7 heteroatoms. The molecule has 4 rings (SSSR count). The second-order valence-electron chi connectivity index (χ2n) is 5.68. The molecule has 1 aliphatic heterocycles. The lowest BCUT2D eigenvalue weighted by molar-refractivity contribution is 0.102. The van der Waals surface area contributed by atoms with Crippen LogP contribution in [0.4, 0.5) is 5.69 Å². The first-order chi connectivity index (χ1) is 12.6. The molecule has 26 heavy (non-hydrogen) atoms. The molecule has 0 bridgehead atoms. The Morgan fingerprint density at radius 1 is 1.12 bits per heavy atom. The SMILES string of the molecule is COc1ccc2nc(C(=O)Nc3cc4c(cc3Br)OCCO4)ccc2c1. The molecule has 1 amide bonds. The Balaban J connectivity index is 1.61. The number of hydrogen-bond donors (Lipinski definition) is 1. The molecule has 2 aromatic carbocycles. The van der Waals surface area contributed by atoms with Crippen LogP contribution in [0, 0.1) is 0 Å². The van der Waals surface area contributed by atoms with Crippen LogP contribution in [0.2, 0.25) is 0 Å². The topological polar surface area (TPSA) is 69.7 Å². The number of aromatic nitrogens is 1. The van der Waals surface area contributed by atoms with Gasteiger partial charge in [-0.25, -0.2) is 4.98 Å². The molecule has 0 saturated heterocycles. The van der Waals surface area contributed by atoms with Gasteiger partial charge in [-0.05, 0) is 40.2 Å². The number of nitrogens with one attached hydrogen (secondary N) is 1. The van der Waals surface area contributed by atoms with Crippen LogP contribution in [0.1, 0.15) is 10.5 Å². The Labute approximate surface area is 158 Å². The summed E-state index contributed by atoms with van der Waals surface area (Å²) in [6.07, 6.45) is 0. The van der Waals surface area contributed by atoms with E-state index in [-0.39, 0.29) is 5.91 Å². The largest absolute Gasteiger partial charge is 0.497 e. The van der Waals surface area contributed by atoms with Gasteiger partial charge in [0.1, 0.15) is 24.7 Å². The highest BCUT2D eigenvalue weighted by Crippen LogP contribution is 2.38. The molecular formula is C19H15BrN2O4. The molecule has 0 spiro atoms. The molecule has 0 fully saturated rings. The summed E-state index contributed by atoms with van der Waals surface area (Å²) in [5, 5.41) is 3.76. The highest BCUT2D eigenvalue weighted by Gasteiger charge is 2.17. The van der Waals surface area contributed by atoms with E-state index in [1.807, 2.05) is 24.3 Å². The molecule has 132 valence electrons. The van der Waals surface area contributed by atoms with Gasteiger partial charge in [0, 0.05) is 22.0 Å². The highest BCUT2D eigenvalue weighted by molar-refractivity contribution is 9.10. The predicted octanol–water partition coefficient (Wildman–Crippen LogP) is 4.03. The molecule has 0 unspecified atom stereocenters. The summed E-state index contributed by atoms with van der Waals surface area (Å²) in [6, 6.07) is 12.6. The lowest BCUT2D eigenvalue weighted by Gasteiger charge is -2.20. The van der Waals surface area contributed by atoms with Crippen molar-refractivity contribution in [2.24, 2.45) is 0 Å². The summed E-state index contributed by atoms with van der Waals surface area (Å²) < 4.78 is 17.0. The maximum Gasteiger partial charge on any atom is 0.274 e. The van der Waals surface area contributed by atoms with E-state index >= 15 is 0 Å². The Morgan fingerprint density at radius 3 is 2.65 bits per heavy atom. The Kier molecular flexibility index (Phi) is 4.38. The average molecular weight is 415 g/mol. The molecule has 0 atom stereocenters. The summed E-state index contributed by atoms with van der Waals surface area (Å²) in [4.78, 5) is 17.0. The van der Waals surface area contributed by atoms with Crippen molar-refractivity contribution in [1.29, 1.82) is 0 Å². The maximum absolute atomic E-state index is 12.6. The lowest BCUT2D eigenvalue weighted by Crippen LogP contribution is -2.17. The van der Waals surface area contributed by atoms with Crippen molar-refractivity contribution in [3.8, 4) is 17.2 Å². The van der Waals surface area contributed by atoms with Gasteiger partial charge in [0.05, 0.1) is 18.3 Å². The van der Waals surface area contributed by atoms with Crippen molar-refractivity contribution >= 4 is 38.4 Å². The van der Waals surface area contributed by atoms with Crippen LogP contribution in [0.15, 0.2) is 46.9 Å². The van der Waals surface area contributed by atoms with Crippen LogP contribution in [0.25, 0.3) is 10.9 Å². The molecule has 6 nitrogen and oxygen atoms in total. The number of carbonyl (C=O) groups excluding carboxylic acids is 1. The number of anilines is 1. The van der Waals surface area contributed by atoms with Gasteiger partial charge in [-0.2, -0.15) is 0 Å². The van der Waals surface area contributed by atoms with E-state index in [4.69, 9.17) is 14.2 Å². The van der Waals surface area contributed by atoms with Crippen LogP contribution in [0.5, 0.6) is 17.2 Å². The fraction of sp³-hybridized carbons (Fsp3) is 0.158. The van der Waals surface area contributed by atoms with Gasteiger partial charge < -0.3 is 19.5 Å². The molecule has 0 saturated carbocycles. The Bertz CT molecular complexity index is 1010. The fourth-order valence-electron chi connectivity index (χ4n) is 2.70. The van der Waals surface area contributed by atoms with Gasteiger partial charge >= 0.3 is 0 Å². The van der Waals surface area contributed by atoms with E-state index in [1.165, 1.54) is 0 Å². The minimum Gasteiger partial charge on any atom is -0.497 e. The van der Waals surface area contributed by atoms with E-state index in [9.17, 15) is 4.79 Å². The Hall–Kier alpha value is -2.80. The number of pyridine rings is 1. The zero-order valence-corrected chi connectivity index (χ0v) is 15.5. The number of ether oxygens (including phenoxy) is 3. The van der Waals surface area contributed by atoms with E-state index < -0.39 is 0 Å². The van der Waals surface area contributed by atoms with Crippen molar-refractivity contribution in [2.75, 3.05) is 25.6 Å².